The molecule has 2 rings (SSSR count). The first-order valence-corrected chi connectivity index (χ1v) is 4.59. The molecule has 0 aliphatic rings. The molecule has 0 aromatic heterocycles. The van der Waals surface area contributed by atoms with Crippen molar-refractivity contribution in [3.63, 3.8) is 0 Å². The maximum atomic E-state index is 4.08. The molecule has 0 unspecified atom stereocenters. The van der Waals surface area contributed by atoms with E-state index < -0.39 is 0 Å². The van der Waals surface area contributed by atoms with Gasteiger partial charge < -0.3 is 24.0 Å². The van der Waals surface area contributed by atoms with Crippen molar-refractivity contribution < 1.29 is 24.0 Å². The molecule has 76 valence electrons. The molecule has 0 N–H and O–H groups in total. The molecule has 0 spiro atoms. The average molecular weight is 330 g/mol. The Morgan fingerprint density at radius 3 is 1.94 bits per heavy atom. The molecule has 0 amide bonds. The molecule has 0 heterocycles. The van der Waals surface area contributed by atoms with Gasteiger partial charge in [-0.2, -0.15) is 30.3 Å². The van der Waals surface area contributed by atoms with Gasteiger partial charge in [0, 0.05) is 0 Å². The number of hydrogen-bond donors (Lipinski definition) is 0. The van der Waals surface area contributed by atoms with E-state index >= 15 is 0 Å². The molecule has 16 heavy (non-hydrogen) atoms. The second-order valence-electron chi connectivity index (χ2n) is 3.13. The fraction of sp³-hybridized carbons (Fsp3) is 0. The van der Waals surface area contributed by atoms with Crippen molar-refractivity contribution >= 4 is 28.6 Å². The summed E-state index contributed by atoms with van der Waals surface area (Å²) in [6.45, 7) is 4.08. The fourth-order valence-electron chi connectivity index (χ4n) is 1.39. The zero-order chi connectivity index (χ0) is 9.80. The normalized spacial score (nSPS) is 8.50. The summed E-state index contributed by atoms with van der Waals surface area (Å²) in [5.74, 6) is 0. The van der Waals surface area contributed by atoms with Gasteiger partial charge in [-0.3, -0.25) is 0 Å². The summed E-state index contributed by atoms with van der Waals surface area (Å²) in [7, 11) is 0. The van der Waals surface area contributed by atoms with Crippen LogP contribution < -0.4 is 24.0 Å². The van der Waals surface area contributed by atoms with Crippen molar-refractivity contribution in [2.45, 2.75) is 0 Å². The Kier molecular flexibility index (Phi) is 7.71. The monoisotopic (exact) mass is 330 g/mol. The quantitative estimate of drug-likeness (QED) is 0.418. The first kappa shape index (κ1) is 15.7. The van der Waals surface area contributed by atoms with E-state index in [1.54, 1.807) is 0 Å². The van der Waals surface area contributed by atoms with Crippen LogP contribution in [0.15, 0.2) is 61.2 Å². The summed E-state index contributed by atoms with van der Waals surface area (Å²) < 4.78 is 0. The third kappa shape index (κ3) is 3.92. The van der Waals surface area contributed by atoms with Crippen molar-refractivity contribution in [1.82, 2.24) is 0 Å². The molecular weight excluding hydrogens is 319 g/mol. The molecule has 2 heteroatoms. The van der Waals surface area contributed by atoms with Crippen LogP contribution >= 0.6 is 0 Å². The first-order chi connectivity index (χ1) is 6.88. The number of benzene rings is 2. The van der Waals surface area contributed by atoms with Gasteiger partial charge in [-0.1, -0.05) is 36.9 Å². The molecule has 0 aliphatic heterocycles. The van der Waals surface area contributed by atoms with E-state index in [0.717, 1.165) is 11.1 Å². The van der Waals surface area contributed by atoms with Gasteiger partial charge in [0.25, 0.3) is 0 Å². The smallest absolute Gasteiger partial charge is 1.00 e. The van der Waals surface area contributed by atoms with Crippen LogP contribution in [0.1, 0.15) is 11.1 Å². The summed E-state index contributed by atoms with van der Waals surface area (Å²) >= 11 is 0. The maximum absolute atomic E-state index is 4.08. The van der Waals surface area contributed by atoms with Crippen molar-refractivity contribution in [3.05, 3.63) is 78.4 Å². The van der Waals surface area contributed by atoms with Gasteiger partial charge in [-0.15, -0.1) is 5.56 Å². The Balaban J connectivity index is 0.00000112. The van der Waals surface area contributed by atoms with Gasteiger partial charge in [-0.25, -0.2) is 0 Å². The second-order valence-corrected chi connectivity index (χ2v) is 3.13. The van der Waals surface area contributed by atoms with E-state index in [9.17, 15) is 0 Å². The molecule has 0 fully saturated rings. The Labute approximate surface area is 130 Å². The minimum Gasteiger partial charge on any atom is -1.00 e. The van der Waals surface area contributed by atoms with Crippen LogP contribution in [0.5, 0.6) is 0 Å². The predicted molar refractivity (Wildman–Crippen MR) is 65.6 cm³/mol. The van der Waals surface area contributed by atoms with Gasteiger partial charge in [-0.05, 0) is 11.1 Å². The van der Waals surface area contributed by atoms with Crippen LogP contribution in [0.4, 0.5) is 0 Å². The number of hydrogen-bond acceptors (Lipinski definition) is 0. The van der Waals surface area contributed by atoms with Crippen LogP contribution in [0.2, 0.25) is 0 Å². The molecule has 0 saturated carbocycles. The van der Waals surface area contributed by atoms with Crippen LogP contribution in [0.25, 0.3) is 5.57 Å². The minimum absolute atomic E-state index is 0. The number of rotatable bonds is 2. The first-order valence-electron chi connectivity index (χ1n) is 4.59. The molecule has 0 atom stereocenters. The van der Waals surface area contributed by atoms with Crippen LogP contribution in [-0.2, 0) is 0 Å². The average Bonchev–Trinajstić information content (AvgIpc) is 2.30. The van der Waals surface area contributed by atoms with E-state index in [2.05, 4.69) is 24.8 Å². The van der Waals surface area contributed by atoms with Gasteiger partial charge in [0.2, 0.25) is 0 Å². The summed E-state index contributed by atoms with van der Waals surface area (Å²) in [4.78, 5) is 0. The zero-order valence-electron chi connectivity index (χ0n) is 8.99. The van der Waals surface area contributed by atoms with Crippen LogP contribution in [0, 0.1) is 6.07 Å². The van der Waals surface area contributed by atoms with Gasteiger partial charge >= 0.3 is 23.1 Å². The van der Waals surface area contributed by atoms with E-state index in [1.807, 2.05) is 42.5 Å². The third-order valence-corrected chi connectivity index (χ3v) is 2.19. The standard InChI is InChI=1S/C14H11.HI.Mg/c1-12(13-8-4-2-5-9-13)14-10-6-3-7-11-14;;/h2,4-11H,1H2;1H;/q-1;;+2/p-1. The van der Waals surface area contributed by atoms with Crippen molar-refractivity contribution in [1.29, 1.82) is 0 Å². The Morgan fingerprint density at radius 1 is 0.875 bits per heavy atom. The molecule has 0 bridgehead atoms. The summed E-state index contributed by atoms with van der Waals surface area (Å²) in [6, 6.07) is 21.0. The largest absolute Gasteiger partial charge is 2.00 e. The molecule has 2 aromatic rings. The molecule has 0 saturated heterocycles. The van der Waals surface area contributed by atoms with Crippen molar-refractivity contribution in [2.24, 2.45) is 0 Å². The Hall–Kier alpha value is -0.324. The van der Waals surface area contributed by atoms with Crippen molar-refractivity contribution in [3.8, 4) is 0 Å². The second kappa shape index (κ2) is 7.87. The summed E-state index contributed by atoms with van der Waals surface area (Å²) in [6.07, 6.45) is 0. The Morgan fingerprint density at radius 2 is 1.38 bits per heavy atom. The zero-order valence-corrected chi connectivity index (χ0v) is 12.6. The third-order valence-electron chi connectivity index (χ3n) is 2.19. The molecule has 2 aromatic carbocycles. The summed E-state index contributed by atoms with van der Waals surface area (Å²) in [5, 5.41) is 0. The fourth-order valence-corrected chi connectivity index (χ4v) is 1.39. The SMILES string of the molecule is C=C(c1cc[c-]cc1)c1ccccc1.[I-].[Mg+2]. The van der Waals surface area contributed by atoms with E-state index in [0.29, 0.717) is 0 Å². The summed E-state index contributed by atoms with van der Waals surface area (Å²) in [5.41, 5.74) is 3.37. The maximum Gasteiger partial charge on any atom is 2.00 e. The van der Waals surface area contributed by atoms with Crippen LogP contribution in [-0.4, -0.2) is 23.1 Å². The molecule has 0 aliphatic carbocycles. The van der Waals surface area contributed by atoms with E-state index in [4.69, 9.17) is 0 Å². The molecule has 0 radical (unpaired) electrons. The minimum atomic E-state index is 0. The van der Waals surface area contributed by atoms with Gasteiger partial charge in [0.05, 0.1) is 0 Å². The van der Waals surface area contributed by atoms with Crippen molar-refractivity contribution in [2.75, 3.05) is 0 Å². The molecule has 0 nitrogen and oxygen atoms in total. The Bertz CT molecular complexity index is 382. The predicted octanol–water partition coefficient (Wildman–Crippen LogP) is 0.171. The van der Waals surface area contributed by atoms with Gasteiger partial charge in [0.15, 0.2) is 0 Å². The topological polar surface area (TPSA) is 0 Å². The van der Waals surface area contributed by atoms with E-state index in [-0.39, 0.29) is 47.0 Å². The van der Waals surface area contributed by atoms with Crippen LogP contribution in [0.3, 0.4) is 0 Å². The molecular formula is C14H11IMg. The number of halogens is 1. The van der Waals surface area contributed by atoms with E-state index in [1.165, 1.54) is 5.56 Å². The van der Waals surface area contributed by atoms with Gasteiger partial charge in [0.1, 0.15) is 0 Å².